The number of rotatable bonds is 4. The van der Waals surface area contributed by atoms with Crippen LogP contribution in [0.3, 0.4) is 0 Å². The summed E-state index contributed by atoms with van der Waals surface area (Å²) < 4.78 is 18.4. The summed E-state index contributed by atoms with van der Waals surface area (Å²) in [7, 11) is 0. The molecule has 0 aromatic heterocycles. The summed E-state index contributed by atoms with van der Waals surface area (Å²) in [6.45, 7) is 1.54. The number of hydrogen-bond donors (Lipinski definition) is 1. The zero-order chi connectivity index (χ0) is 11.8. The van der Waals surface area contributed by atoms with Crippen LogP contribution in [0.4, 0.5) is 4.39 Å². The van der Waals surface area contributed by atoms with Crippen LogP contribution in [-0.2, 0) is 4.79 Å². The first-order valence-electron chi connectivity index (χ1n) is 5.20. The Morgan fingerprint density at radius 2 is 2.25 bits per heavy atom. The molecule has 0 amide bonds. The molecule has 1 aromatic rings. The molecule has 16 heavy (non-hydrogen) atoms. The number of carbonyl (C=O) groups is 1. The molecular formula is C12H13FO3. The zero-order valence-electron chi connectivity index (χ0n) is 8.94. The highest BCUT2D eigenvalue weighted by atomic mass is 19.1. The van der Waals surface area contributed by atoms with E-state index in [1.165, 1.54) is 25.1 Å². The molecule has 4 heteroatoms. The summed E-state index contributed by atoms with van der Waals surface area (Å²) in [4.78, 5) is 11.2. The van der Waals surface area contributed by atoms with Gasteiger partial charge in [-0.1, -0.05) is 6.07 Å². The summed E-state index contributed by atoms with van der Waals surface area (Å²) in [6, 6.07) is 5.55. The van der Waals surface area contributed by atoms with Crippen molar-refractivity contribution in [3.63, 3.8) is 0 Å². The van der Waals surface area contributed by atoms with Crippen molar-refractivity contribution < 1.29 is 19.0 Å². The van der Waals surface area contributed by atoms with Gasteiger partial charge in [-0.2, -0.15) is 0 Å². The molecule has 1 aliphatic carbocycles. The van der Waals surface area contributed by atoms with Crippen LogP contribution in [0.2, 0.25) is 0 Å². The van der Waals surface area contributed by atoms with Crippen LogP contribution in [-0.4, -0.2) is 16.7 Å². The monoisotopic (exact) mass is 224 g/mol. The van der Waals surface area contributed by atoms with Gasteiger partial charge in [-0.05, 0) is 31.9 Å². The highest BCUT2D eigenvalue weighted by Gasteiger charge is 2.49. The highest BCUT2D eigenvalue weighted by Crippen LogP contribution is 2.42. The largest absolute Gasteiger partial charge is 0.478 e. The van der Waals surface area contributed by atoms with Gasteiger partial charge in [0.15, 0.2) is 0 Å². The second-order valence-corrected chi connectivity index (χ2v) is 4.25. The first kappa shape index (κ1) is 10.9. The lowest BCUT2D eigenvalue weighted by Crippen LogP contribution is -2.43. The predicted molar refractivity (Wildman–Crippen MR) is 55.8 cm³/mol. The van der Waals surface area contributed by atoms with Crippen LogP contribution in [0.5, 0.6) is 5.75 Å². The molecule has 86 valence electrons. The molecular weight excluding hydrogens is 211 g/mol. The Kier molecular flexibility index (Phi) is 2.58. The molecule has 2 rings (SSSR count). The summed E-state index contributed by atoms with van der Waals surface area (Å²) >= 11 is 0. The molecule has 1 fully saturated rings. The molecule has 1 N–H and O–H groups in total. The quantitative estimate of drug-likeness (QED) is 0.854. The topological polar surface area (TPSA) is 46.5 Å². The summed E-state index contributed by atoms with van der Waals surface area (Å²) in [6.07, 6.45) is 1.69. The molecule has 1 unspecified atom stereocenters. The van der Waals surface area contributed by atoms with Crippen molar-refractivity contribution in [1.82, 2.24) is 0 Å². The minimum absolute atomic E-state index is 0.0215. The van der Waals surface area contributed by atoms with Gasteiger partial charge in [0.2, 0.25) is 5.60 Å². The van der Waals surface area contributed by atoms with E-state index in [4.69, 9.17) is 9.84 Å². The molecule has 0 saturated heterocycles. The maximum Gasteiger partial charge on any atom is 0.348 e. The maximum absolute atomic E-state index is 12.9. The summed E-state index contributed by atoms with van der Waals surface area (Å²) in [5, 5.41) is 9.15. The number of carboxylic acid groups (broad SMARTS) is 1. The van der Waals surface area contributed by atoms with Crippen molar-refractivity contribution in [2.75, 3.05) is 0 Å². The molecule has 0 aliphatic heterocycles. The van der Waals surface area contributed by atoms with E-state index in [9.17, 15) is 9.18 Å². The first-order chi connectivity index (χ1) is 7.52. The van der Waals surface area contributed by atoms with Gasteiger partial charge in [0, 0.05) is 12.0 Å². The lowest BCUT2D eigenvalue weighted by Gasteiger charge is -2.26. The Balaban J connectivity index is 2.21. The smallest absolute Gasteiger partial charge is 0.348 e. The average Bonchev–Trinajstić information content (AvgIpc) is 3.00. The van der Waals surface area contributed by atoms with E-state index in [-0.39, 0.29) is 11.7 Å². The van der Waals surface area contributed by atoms with E-state index >= 15 is 0 Å². The normalized spacial score (nSPS) is 18.9. The molecule has 0 bridgehead atoms. The van der Waals surface area contributed by atoms with E-state index in [1.54, 1.807) is 6.07 Å². The minimum atomic E-state index is -1.24. The van der Waals surface area contributed by atoms with Crippen LogP contribution in [0.15, 0.2) is 24.3 Å². The molecule has 0 radical (unpaired) electrons. The Morgan fingerprint density at radius 1 is 1.56 bits per heavy atom. The van der Waals surface area contributed by atoms with Crippen molar-refractivity contribution in [3.8, 4) is 5.75 Å². The van der Waals surface area contributed by atoms with E-state index in [0.717, 1.165) is 12.8 Å². The Morgan fingerprint density at radius 3 is 2.75 bits per heavy atom. The van der Waals surface area contributed by atoms with Crippen LogP contribution in [0, 0.1) is 11.7 Å². The fourth-order valence-corrected chi connectivity index (χ4v) is 1.71. The van der Waals surface area contributed by atoms with Crippen molar-refractivity contribution in [1.29, 1.82) is 0 Å². The first-order valence-corrected chi connectivity index (χ1v) is 5.20. The second-order valence-electron chi connectivity index (χ2n) is 4.25. The lowest BCUT2D eigenvalue weighted by atomic mass is 10.0. The van der Waals surface area contributed by atoms with Crippen LogP contribution < -0.4 is 4.74 Å². The second kappa shape index (κ2) is 3.77. The van der Waals surface area contributed by atoms with Gasteiger partial charge in [-0.25, -0.2) is 9.18 Å². The highest BCUT2D eigenvalue weighted by molar-refractivity contribution is 5.78. The summed E-state index contributed by atoms with van der Waals surface area (Å²) in [5.41, 5.74) is -1.24. The van der Waals surface area contributed by atoms with E-state index in [1.807, 2.05) is 0 Å². The molecule has 1 aliphatic rings. The predicted octanol–water partition coefficient (Wildman–Crippen LogP) is 2.46. The minimum Gasteiger partial charge on any atom is -0.478 e. The molecule has 1 aromatic carbocycles. The Hall–Kier alpha value is -1.58. The van der Waals surface area contributed by atoms with Crippen molar-refractivity contribution in [2.45, 2.75) is 25.4 Å². The third kappa shape index (κ3) is 2.01. The number of hydrogen-bond acceptors (Lipinski definition) is 2. The Bertz CT molecular complexity index is 414. The van der Waals surface area contributed by atoms with Gasteiger partial charge in [0.25, 0.3) is 0 Å². The third-order valence-electron chi connectivity index (χ3n) is 2.91. The number of ether oxygens (including phenoxy) is 1. The van der Waals surface area contributed by atoms with Gasteiger partial charge in [-0.15, -0.1) is 0 Å². The van der Waals surface area contributed by atoms with Crippen LogP contribution in [0.1, 0.15) is 19.8 Å². The molecule has 3 nitrogen and oxygen atoms in total. The number of halogens is 1. The maximum atomic E-state index is 12.9. The van der Waals surface area contributed by atoms with Gasteiger partial charge < -0.3 is 9.84 Å². The third-order valence-corrected chi connectivity index (χ3v) is 2.91. The molecule has 0 heterocycles. The zero-order valence-corrected chi connectivity index (χ0v) is 8.94. The van der Waals surface area contributed by atoms with Crippen LogP contribution >= 0.6 is 0 Å². The number of aliphatic carboxylic acids is 1. The Labute approximate surface area is 92.9 Å². The number of benzene rings is 1. The van der Waals surface area contributed by atoms with Crippen molar-refractivity contribution in [2.24, 2.45) is 5.92 Å². The fourth-order valence-electron chi connectivity index (χ4n) is 1.71. The summed E-state index contributed by atoms with van der Waals surface area (Å²) in [5.74, 6) is -1.15. The molecule has 1 atom stereocenters. The average molecular weight is 224 g/mol. The number of carboxylic acids is 1. The van der Waals surface area contributed by atoms with E-state index in [2.05, 4.69) is 0 Å². The molecule has 1 saturated carbocycles. The standard InChI is InChI=1S/C12H13FO3/c1-12(11(14)15,8-5-6-8)16-10-4-2-3-9(13)7-10/h2-4,7-8H,5-6H2,1H3,(H,14,15). The van der Waals surface area contributed by atoms with E-state index in [0.29, 0.717) is 0 Å². The fraction of sp³-hybridized carbons (Fsp3) is 0.417. The SMILES string of the molecule is CC(Oc1cccc(F)c1)(C(=O)O)C1CC1. The lowest BCUT2D eigenvalue weighted by molar-refractivity contribution is -0.155. The van der Waals surface area contributed by atoms with Gasteiger partial charge >= 0.3 is 5.97 Å². The van der Waals surface area contributed by atoms with Gasteiger partial charge in [-0.3, -0.25) is 0 Å². The van der Waals surface area contributed by atoms with Crippen molar-refractivity contribution >= 4 is 5.97 Å². The van der Waals surface area contributed by atoms with Gasteiger partial charge in [0.1, 0.15) is 11.6 Å². The van der Waals surface area contributed by atoms with E-state index < -0.39 is 17.4 Å². The molecule has 0 spiro atoms. The van der Waals surface area contributed by atoms with Crippen molar-refractivity contribution in [3.05, 3.63) is 30.1 Å². The van der Waals surface area contributed by atoms with Gasteiger partial charge in [0.05, 0.1) is 0 Å². The van der Waals surface area contributed by atoms with Crippen LogP contribution in [0.25, 0.3) is 0 Å².